The molecule has 0 aromatic heterocycles. The summed E-state index contributed by atoms with van der Waals surface area (Å²) in [6.45, 7) is 0.410. The van der Waals surface area contributed by atoms with Crippen LogP contribution < -0.4 is 5.32 Å². The molecular formula is C13H14BrNO2. The van der Waals surface area contributed by atoms with Gasteiger partial charge in [0.25, 0.3) is 0 Å². The highest BCUT2D eigenvalue weighted by molar-refractivity contribution is 9.10. The van der Waals surface area contributed by atoms with Gasteiger partial charge in [0.2, 0.25) is 0 Å². The number of rotatable bonds is 3. The number of hydrogen-bond acceptors (Lipinski definition) is 3. The zero-order chi connectivity index (χ0) is 12.4. The van der Waals surface area contributed by atoms with E-state index in [9.17, 15) is 10.2 Å². The number of hydrogen-bond donors (Lipinski definition) is 3. The van der Waals surface area contributed by atoms with Gasteiger partial charge in [-0.15, -0.1) is 0 Å². The third-order valence-corrected chi connectivity index (χ3v) is 3.20. The summed E-state index contributed by atoms with van der Waals surface area (Å²) < 4.78 is 0.977. The van der Waals surface area contributed by atoms with Gasteiger partial charge in [0.05, 0.1) is 6.10 Å². The van der Waals surface area contributed by atoms with E-state index >= 15 is 0 Å². The molecule has 0 aliphatic heterocycles. The van der Waals surface area contributed by atoms with E-state index in [1.54, 1.807) is 13.1 Å². The predicted molar refractivity (Wildman–Crippen MR) is 72.2 cm³/mol. The molecular weight excluding hydrogens is 282 g/mol. The molecule has 0 bridgehead atoms. The fourth-order valence-corrected chi connectivity index (χ4v) is 2.22. The van der Waals surface area contributed by atoms with Crippen LogP contribution in [0.2, 0.25) is 0 Å². The van der Waals surface area contributed by atoms with Crippen molar-refractivity contribution in [2.45, 2.75) is 6.10 Å². The number of aliphatic hydroxyl groups excluding tert-OH is 1. The standard InChI is InChI=1S/C13H14BrNO2/c1-15-7-13(17)11-5-9-4-10(14)3-2-8(9)6-12(11)16/h2-6,13,15-17H,7H2,1H3. The van der Waals surface area contributed by atoms with Crippen molar-refractivity contribution in [2.75, 3.05) is 13.6 Å². The van der Waals surface area contributed by atoms with Crippen LogP contribution in [-0.2, 0) is 0 Å². The lowest BCUT2D eigenvalue weighted by Gasteiger charge is -2.13. The lowest BCUT2D eigenvalue weighted by Crippen LogP contribution is -2.16. The predicted octanol–water partition coefficient (Wildman–Crippen LogP) is 2.56. The molecule has 0 fully saturated rings. The van der Waals surface area contributed by atoms with Crippen molar-refractivity contribution in [3.63, 3.8) is 0 Å². The van der Waals surface area contributed by atoms with Crippen molar-refractivity contribution in [3.8, 4) is 5.75 Å². The van der Waals surface area contributed by atoms with Crippen LogP contribution in [0.1, 0.15) is 11.7 Å². The normalized spacial score (nSPS) is 12.9. The number of aliphatic hydroxyl groups is 1. The molecule has 2 aromatic rings. The monoisotopic (exact) mass is 295 g/mol. The third kappa shape index (κ3) is 2.60. The van der Waals surface area contributed by atoms with E-state index in [1.165, 1.54) is 0 Å². The molecule has 1 unspecified atom stereocenters. The topological polar surface area (TPSA) is 52.5 Å². The first-order chi connectivity index (χ1) is 8.11. The van der Waals surface area contributed by atoms with Crippen molar-refractivity contribution < 1.29 is 10.2 Å². The van der Waals surface area contributed by atoms with Crippen molar-refractivity contribution in [1.29, 1.82) is 0 Å². The van der Waals surface area contributed by atoms with Gasteiger partial charge in [-0.2, -0.15) is 0 Å². The number of aromatic hydroxyl groups is 1. The van der Waals surface area contributed by atoms with Crippen LogP contribution in [0.15, 0.2) is 34.8 Å². The highest BCUT2D eigenvalue weighted by Crippen LogP contribution is 2.30. The minimum atomic E-state index is -0.705. The molecule has 2 aromatic carbocycles. The molecule has 2 rings (SSSR count). The van der Waals surface area contributed by atoms with Crippen LogP contribution in [0.4, 0.5) is 0 Å². The fourth-order valence-electron chi connectivity index (χ4n) is 1.84. The minimum Gasteiger partial charge on any atom is -0.508 e. The van der Waals surface area contributed by atoms with Gasteiger partial charge in [0.1, 0.15) is 5.75 Å². The van der Waals surface area contributed by atoms with E-state index in [2.05, 4.69) is 21.2 Å². The molecule has 0 amide bonds. The van der Waals surface area contributed by atoms with E-state index in [0.29, 0.717) is 12.1 Å². The summed E-state index contributed by atoms with van der Waals surface area (Å²) in [5, 5.41) is 24.6. The molecule has 0 radical (unpaired) electrons. The minimum absolute atomic E-state index is 0.127. The van der Waals surface area contributed by atoms with Gasteiger partial charge in [-0.25, -0.2) is 0 Å². The zero-order valence-corrected chi connectivity index (χ0v) is 11.0. The van der Waals surface area contributed by atoms with Crippen molar-refractivity contribution in [2.24, 2.45) is 0 Å². The maximum atomic E-state index is 9.90. The van der Waals surface area contributed by atoms with E-state index in [-0.39, 0.29) is 5.75 Å². The Hall–Kier alpha value is -1.10. The molecule has 0 aliphatic rings. The fraction of sp³-hybridized carbons (Fsp3) is 0.231. The van der Waals surface area contributed by atoms with Crippen LogP contribution in [0.5, 0.6) is 5.75 Å². The number of nitrogens with one attached hydrogen (secondary N) is 1. The van der Waals surface area contributed by atoms with Crippen LogP contribution >= 0.6 is 15.9 Å². The average Bonchev–Trinajstić information content (AvgIpc) is 2.29. The Morgan fingerprint density at radius 1 is 1.24 bits per heavy atom. The molecule has 1 atom stereocenters. The molecule has 4 heteroatoms. The number of fused-ring (bicyclic) bond motifs is 1. The Bertz CT molecular complexity index is 542. The summed E-state index contributed by atoms with van der Waals surface area (Å²) in [6, 6.07) is 9.30. The number of halogens is 1. The van der Waals surface area contributed by atoms with E-state index < -0.39 is 6.10 Å². The molecule has 0 saturated heterocycles. The molecule has 3 nitrogen and oxygen atoms in total. The van der Waals surface area contributed by atoms with Gasteiger partial charge in [-0.3, -0.25) is 0 Å². The highest BCUT2D eigenvalue weighted by atomic mass is 79.9. The van der Waals surface area contributed by atoms with Gasteiger partial charge < -0.3 is 15.5 Å². The summed E-state index contributed by atoms with van der Waals surface area (Å²) in [5.41, 5.74) is 0.546. The van der Waals surface area contributed by atoms with Crippen molar-refractivity contribution >= 4 is 26.7 Å². The first-order valence-corrected chi connectivity index (χ1v) is 6.16. The quantitative estimate of drug-likeness (QED) is 0.816. The Morgan fingerprint density at radius 3 is 2.71 bits per heavy atom. The Morgan fingerprint density at radius 2 is 2.00 bits per heavy atom. The van der Waals surface area contributed by atoms with Gasteiger partial charge in [-0.1, -0.05) is 22.0 Å². The number of phenols is 1. The van der Waals surface area contributed by atoms with E-state index in [0.717, 1.165) is 15.2 Å². The maximum Gasteiger partial charge on any atom is 0.122 e. The SMILES string of the molecule is CNCC(O)c1cc2cc(Br)ccc2cc1O. The largest absolute Gasteiger partial charge is 0.508 e. The molecule has 0 aliphatic carbocycles. The number of benzene rings is 2. The van der Waals surface area contributed by atoms with Crippen LogP contribution in [0, 0.1) is 0 Å². The van der Waals surface area contributed by atoms with Gasteiger partial charge >= 0.3 is 0 Å². The first kappa shape index (κ1) is 12.4. The smallest absolute Gasteiger partial charge is 0.122 e. The van der Waals surface area contributed by atoms with Crippen LogP contribution in [0.25, 0.3) is 10.8 Å². The Kier molecular flexibility index (Phi) is 3.66. The van der Waals surface area contributed by atoms with Gasteiger partial charge in [-0.05, 0) is 42.1 Å². The third-order valence-electron chi connectivity index (χ3n) is 2.70. The lowest BCUT2D eigenvalue weighted by atomic mass is 10.0. The molecule has 3 N–H and O–H groups in total. The number of phenolic OH excluding ortho intramolecular Hbond substituents is 1. The second-order valence-electron chi connectivity index (χ2n) is 3.98. The summed E-state index contributed by atoms with van der Waals surface area (Å²) in [5.74, 6) is 0.127. The van der Waals surface area contributed by atoms with Gasteiger partial charge in [0, 0.05) is 16.6 Å². The van der Waals surface area contributed by atoms with Crippen LogP contribution in [-0.4, -0.2) is 23.8 Å². The first-order valence-electron chi connectivity index (χ1n) is 5.36. The highest BCUT2D eigenvalue weighted by Gasteiger charge is 2.12. The molecule has 17 heavy (non-hydrogen) atoms. The summed E-state index contributed by atoms with van der Waals surface area (Å²) in [4.78, 5) is 0. The average molecular weight is 296 g/mol. The zero-order valence-electron chi connectivity index (χ0n) is 9.44. The molecule has 0 heterocycles. The molecule has 0 spiro atoms. The Balaban J connectivity index is 2.53. The van der Waals surface area contributed by atoms with Crippen LogP contribution in [0.3, 0.4) is 0 Å². The van der Waals surface area contributed by atoms with Crippen molar-refractivity contribution in [3.05, 3.63) is 40.4 Å². The van der Waals surface area contributed by atoms with E-state index in [4.69, 9.17) is 0 Å². The second-order valence-corrected chi connectivity index (χ2v) is 4.89. The van der Waals surface area contributed by atoms with Crippen molar-refractivity contribution in [1.82, 2.24) is 5.32 Å². The molecule has 0 saturated carbocycles. The lowest BCUT2D eigenvalue weighted by molar-refractivity contribution is 0.174. The summed E-state index contributed by atoms with van der Waals surface area (Å²) in [7, 11) is 1.76. The summed E-state index contributed by atoms with van der Waals surface area (Å²) in [6.07, 6.45) is -0.705. The second kappa shape index (κ2) is 5.04. The molecule has 90 valence electrons. The number of likely N-dealkylation sites (N-methyl/N-ethyl adjacent to an activating group) is 1. The maximum absolute atomic E-state index is 9.90. The van der Waals surface area contributed by atoms with Gasteiger partial charge in [0.15, 0.2) is 0 Å². The Labute approximate surface area is 108 Å². The summed E-state index contributed by atoms with van der Waals surface area (Å²) >= 11 is 3.41. The van der Waals surface area contributed by atoms with E-state index in [1.807, 2.05) is 24.3 Å².